The van der Waals surface area contributed by atoms with Crippen LogP contribution < -0.4 is 4.31 Å². The van der Waals surface area contributed by atoms with Gasteiger partial charge in [0.05, 0.1) is 22.8 Å². The Balaban J connectivity index is 1.53. The zero-order chi connectivity index (χ0) is 23.0. The van der Waals surface area contributed by atoms with Gasteiger partial charge in [0.1, 0.15) is 0 Å². The molecule has 2 aromatic carbocycles. The molecule has 0 atom stereocenters. The molecule has 1 fully saturated rings. The number of sulfonamides is 1. The Labute approximate surface area is 189 Å². The number of aryl methyl sites for hydroxylation is 2. The fraction of sp³-hybridized carbons (Fsp3) is 0.333. The maximum absolute atomic E-state index is 13.0. The standard InChI is InChI=1S/C24H28N4O3S/c1-17-8-5-6-9-23(17)28-19(3)22(18(2)25-28)16-26(4)24(29)20-10-12-21(13-11-20)27-14-7-15-32(27,30)31/h5-6,8-13H,7,14-16H2,1-4H3. The van der Waals surface area contributed by atoms with Crippen molar-refractivity contribution in [3.63, 3.8) is 0 Å². The third-order valence-electron chi connectivity index (χ3n) is 6.03. The van der Waals surface area contributed by atoms with Gasteiger partial charge in [-0.3, -0.25) is 9.10 Å². The molecule has 0 saturated carbocycles. The van der Waals surface area contributed by atoms with Crippen molar-refractivity contribution in [1.29, 1.82) is 0 Å². The minimum Gasteiger partial charge on any atom is -0.337 e. The van der Waals surface area contributed by atoms with Gasteiger partial charge in [0.15, 0.2) is 0 Å². The average Bonchev–Trinajstić information content (AvgIpc) is 3.26. The van der Waals surface area contributed by atoms with Gasteiger partial charge in [-0.05, 0) is 63.1 Å². The molecule has 4 rings (SSSR count). The minimum atomic E-state index is -3.23. The number of anilines is 1. The molecule has 1 aliphatic rings. The second kappa shape index (κ2) is 8.43. The van der Waals surface area contributed by atoms with Crippen LogP contribution in [0.2, 0.25) is 0 Å². The Morgan fingerprint density at radius 1 is 1.06 bits per heavy atom. The van der Waals surface area contributed by atoms with Crippen molar-refractivity contribution in [1.82, 2.24) is 14.7 Å². The van der Waals surface area contributed by atoms with Gasteiger partial charge in [-0.2, -0.15) is 5.10 Å². The van der Waals surface area contributed by atoms with Crippen molar-refractivity contribution in [3.8, 4) is 5.69 Å². The molecule has 2 heterocycles. The monoisotopic (exact) mass is 452 g/mol. The number of para-hydroxylation sites is 1. The molecule has 0 bridgehead atoms. The van der Waals surface area contributed by atoms with Gasteiger partial charge in [0.25, 0.3) is 5.91 Å². The largest absolute Gasteiger partial charge is 0.337 e. The summed E-state index contributed by atoms with van der Waals surface area (Å²) in [5.41, 5.74) is 6.20. The zero-order valence-electron chi connectivity index (χ0n) is 18.9. The second-order valence-electron chi connectivity index (χ2n) is 8.30. The van der Waals surface area contributed by atoms with E-state index in [0.29, 0.717) is 30.8 Å². The van der Waals surface area contributed by atoms with Crippen LogP contribution in [0.4, 0.5) is 5.69 Å². The Hall–Kier alpha value is -3.13. The topological polar surface area (TPSA) is 75.5 Å². The number of benzene rings is 2. The first kappa shape index (κ1) is 22.1. The van der Waals surface area contributed by atoms with E-state index in [9.17, 15) is 13.2 Å². The van der Waals surface area contributed by atoms with E-state index in [2.05, 4.69) is 13.0 Å². The summed E-state index contributed by atoms with van der Waals surface area (Å²) in [6, 6.07) is 14.9. The smallest absolute Gasteiger partial charge is 0.253 e. The summed E-state index contributed by atoms with van der Waals surface area (Å²) in [6.45, 7) is 6.95. The van der Waals surface area contributed by atoms with Gasteiger partial charge in [-0.15, -0.1) is 0 Å². The Kier molecular flexibility index (Phi) is 5.81. The number of carbonyl (C=O) groups excluding carboxylic acids is 1. The van der Waals surface area contributed by atoms with Gasteiger partial charge in [-0.1, -0.05) is 18.2 Å². The first-order valence-electron chi connectivity index (χ1n) is 10.7. The highest BCUT2D eigenvalue weighted by Crippen LogP contribution is 2.25. The fourth-order valence-electron chi connectivity index (χ4n) is 4.17. The lowest BCUT2D eigenvalue weighted by atomic mass is 10.1. The lowest BCUT2D eigenvalue weighted by molar-refractivity contribution is 0.0785. The second-order valence-corrected chi connectivity index (χ2v) is 10.3. The molecule has 0 unspecified atom stereocenters. The zero-order valence-corrected chi connectivity index (χ0v) is 19.7. The summed E-state index contributed by atoms with van der Waals surface area (Å²) in [5, 5.41) is 4.71. The normalized spacial score (nSPS) is 15.2. The van der Waals surface area contributed by atoms with Crippen LogP contribution in [-0.4, -0.2) is 48.4 Å². The Bertz CT molecular complexity index is 1260. The Morgan fingerprint density at radius 2 is 1.75 bits per heavy atom. The van der Waals surface area contributed by atoms with Crippen molar-refractivity contribution in [3.05, 3.63) is 76.6 Å². The SMILES string of the molecule is Cc1ccccc1-n1nc(C)c(CN(C)C(=O)c2ccc(N3CCCS3(=O)=O)cc2)c1C. The lowest BCUT2D eigenvalue weighted by Crippen LogP contribution is -2.27. The van der Waals surface area contributed by atoms with Crippen LogP contribution in [0, 0.1) is 20.8 Å². The average molecular weight is 453 g/mol. The molecule has 0 aliphatic carbocycles. The number of hydrogen-bond donors (Lipinski definition) is 0. The van der Waals surface area contributed by atoms with E-state index in [1.807, 2.05) is 36.7 Å². The summed E-state index contributed by atoms with van der Waals surface area (Å²) >= 11 is 0. The first-order valence-corrected chi connectivity index (χ1v) is 12.3. The van der Waals surface area contributed by atoms with Crippen molar-refractivity contribution in [2.45, 2.75) is 33.7 Å². The van der Waals surface area contributed by atoms with Gasteiger partial charge in [0, 0.05) is 37.0 Å². The van der Waals surface area contributed by atoms with E-state index in [0.717, 1.165) is 28.2 Å². The summed E-state index contributed by atoms with van der Waals surface area (Å²) in [5.74, 6) is 0.0500. The van der Waals surface area contributed by atoms with Gasteiger partial charge in [-0.25, -0.2) is 13.1 Å². The maximum atomic E-state index is 13.0. The van der Waals surface area contributed by atoms with Crippen LogP contribution in [-0.2, 0) is 16.6 Å². The van der Waals surface area contributed by atoms with E-state index in [1.165, 1.54) is 4.31 Å². The number of nitrogens with zero attached hydrogens (tertiary/aromatic N) is 4. The summed E-state index contributed by atoms with van der Waals surface area (Å²) in [6.07, 6.45) is 0.626. The highest BCUT2D eigenvalue weighted by atomic mass is 32.2. The highest BCUT2D eigenvalue weighted by Gasteiger charge is 2.28. The van der Waals surface area contributed by atoms with Crippen molar-refractivity contribution < 1.29 is 13.2 Å². The fourth-order valence-corrected chi connectivity index (χ4v) is 5.73. The molecule has 0 N–H and O–H groups in total. The van der Waals surface area contributed by atoms with Crippen molar-refractivity contribution in [2.24, 2.45) is 0 Å². The van der Waals surface area contributed by atoms with Gasteiger partial charge < -0.3 is 4.90 Å². The summed E-state index contributed by atoms with van der Waals surface area (Å²) < 4.78 is 27.6. The molecule has 0 spiro atoms. The molecule has 3 aromatic rings. The summed E-state index contributed by atoms with van der Waals surface area (Å²) in [4.78, 5) is 14.7. The predicted octanol–water partition coefficient (Wildman–Crippen LogP) is 3.61. The predicted molar refractivity (Wildman–Crippen MR) is 126 cm³/mol. The molecule has 1 amide bonds. The van der Waals surface area contributed by atoms with Crippen molar-refractivity contribution >= 4 is 21.6 Å². The molecule has 1 aliphatic heterocycles. The number of carbonyl (C=O) groups is 1. The third-order valence-corrected chi connectivity index (χ3v) is 7.90. The van der Waals surface area contributed by atoms with Gasteiger partial charge >= 0.3 is 0 Å². The number of hydrogen-bond acceptors (Lipinski definition) is 4. The van der Waals surface area contributed by atoms with E-state index < -0.39 is 10.0 Å². The minimum absolute atomic E-state index is 0.122. The maximum Gasteiger partial charge on any atom is 0.253 e. The van der Waals surface area contributed by atoms with Crippen LogP contribution in [0.15, 0.2) is 48.5 Å². The number of rotatable bonds is 5. The molecule has 0 radical (unpaired) electrons. The van der Waals surface area contributed by atoms with E-state index in [1.54, 1.807) is 36.2 Å². The first-order chi connectivity index (χ1) is 15.2. The van der Waals surface area contributed by atoms with Gasteiger partial charge in [0.2, 0.25) is 10.0 Å². The van der Waals surface area contributed by atoms with Crippen LogP contribution >= 0.6 is 0 Å². The highest BCUT2D eigenvalue weighted by molar-refractivity contribution is 7.93. The van der Waals surface area contributed by atoms with E-state index in [-0.39, 0.29) is 11.7 Å². The number of aromatic nitrogens is 2. The number of amides is 1. The molecule has 7 nitrogen and oxygen atoms in total. The van der Waals surface area contributed by atoms with Crippen LogP contribution in [0.5, 0.6) is 0 Å². The van der Waals surface area contributed by atoms with Crippen LogP contribution in [0.3, 0.4) is 0 Å². The molecule has 1 aromatic heterocycles. The van der Waals surface area contributed by atoms with E-state index in [4.69, 9.17) is 5.10 Å². The molecular weight excluding hydrogens is 424 g/mol. The van der Waals surface area contributed by atoms with E-state index >= 15 is 0 Å². The molecular formula is C24H28N4O3S. The van der Waals surface area contributed by atoms with Crippen LogP contribution in [0.1, 0.15) is 39.3 Å². The molecule has 1 saturated heterocycles. The molecule has 32 heavy (non-hydrogen) atoms. The van der Waals surface area contributed by atoms with Crippen molar-refractivity contribution in [2.75, 3.05) is 23.7 Å². The third kappa shape index (κ3) is 4.02. The quantitative estimate of drug-likeness (QED) is 0.593. The molecule has 168 valence electrons. The van der Waals surface area contributed by atoms with Crippen LogP contribution in [0.25, 0.3) is 5.69 Å². The summed E-state index contributed by atoms with van der Waals surface area (Å²) in [7, 11) is -1.47. The lowest BCUT2D eigenvalue weighted by Gasteiger charge is -2.20. The molecule has 8 heteroatoms. The Morgan fingerprint density at radius 3 is 2.38 bits per heavy atom.